The zero-order valence-corrected chi connectivity index (χ0v) is 10.7. The molecule has 14 heavy (non-hydrogen) atoms. The third kappa shape index (κ3) is 7.43. The molecule has 0 bridgehead atoms. The quantitative estimate of drug-likeness (QED) is 0.564. The molecule has 1 nitrogen and oxygen atoms in total. The van der Waals surface area contributed by atoms with Crippen LogP contribution in [0.5, 0.6) is 0 Å². The second-order valence-corrected chi connectivity index (χ2v) is 5.10. The lowest BCUT2D eigenvalue weighted by molar-refractivity contribution is -0.111. The Labute approximate surface area is 93.0 Å². The molecule has 0 spiro atoms. The summed E-state index contributed by atoms with van der Waals surface area (Å²) in [6.07, 6.45) is 7.05. The summed E-state index contributed by atoms with van der Waals surface area (Å²) in [5.41, 5.74) is 0. The number of thioether (sulfide) groups is 1. The van der Waals surface area contributed by atoms with Crippen LogP contribution in [0.25, 0.3) is 0 Å². The third-order valence-electron chi connectivity index (χ3n) is 2.55. The van der Waals surface area contributed by atoms with E-state index in [0.717, 1.165) is 18.6 Å². The maximum Gasteiger partial charge on any atom is 0.189 e. The largest absolute Gasteiger partial charge is 0.287 e. The minimum Gasteiger partial charge on any atom is -0.287 e. The first-order valence-electron chi connectivity index (χ1n) is 5.90. The smallest absolute Gasteiger partial charge is 0.189 e. The molecule has 0 amide bonds. The van der Waals surface area contributed by atoms with Crippen molar-refractivity contribution < 1.29 is 4.79 Å². The molecule has 0 N–H and O–H groups in total. The summed E-state index contributed by atoms with van der Waals surface area (Å²) in [7, 11) is 0. The molecule has 2 heteroatoms. The van der Waals surface area contributed by atoms with Crippen molar-refractivity contribution >= 4 is 16.9 Å². The first kappa shape index (κ1) is 14.0. The highest BCUT2D eigenvalue weighted by Gasteiger charge is 2.11. The van der Waals surface area contributed by atoms with Crippen LogP contribution < -0.4 is 0 Å². The van der Waals surface area contributed by atoms with Gasteiger partial charge in [0.1, 0.15) is 0 Å². The van der Waals surface area contributed by atoms with E-state index in [1.807, 2.05) is 6.92 Å². The molecule has 0 aromatic heterocycles. The second-order valence-electron chi connectivity index (χ2n) is 3.78. The molecule has 0 aromatic carbocycles. The van der Waals surface area contributed by atoms with Crippen LogP contribution >= 0.6 is 11.8 Å². The van der Waals surface area contributed by atoms with Crippen LogP contribution in [0.3, 0.4) is 0 Å². The maximum absolute atomic E-state index is 11.4. The SMILES string of the molecule is CCCCCC(CC)CC(=O)SCC. The van der Waals surface area contributed by atoms with Gasteiger partial charge in [-0.3, -0.25) is 4.79 Å². The van der Waals surface area contributed by atoms with Crippen LogP contribution in [0, 0.1) is 5.92 Å². The molecule has 0 aromatic rings. The van der Waals surface area contributed by atoms with E-state index in [1.165, 1.54) is 37.4 Å². The van der Waals surface area contributed by atoms with Gasteiger partial charge in [-0.25, -0.2) is 0 Å². The number of carbonyl (C=O) groups is 1. The van der Waals surface area contributed by atoms with Gasteiger partial charge < -0.3 is 0 Å². The van der Waals surface area contributed by atoms with Crippen molar-refractivity contribution in [1.82, 2.24) is 0 Å². The van der Waals surface area contributed by atoms with Crippen LogP contribution in [-0.4, -0.2) is 10.9 Å². The molecule has 84 valence electrons. The summed E-state index contributed by atoms with van der Waals surface area (Å²) in [5, 5.41) is 0.385. The minimum atomic E-state index is 0.385. The Hall–Kier alpha value is 0.0200. The van der Waals surface area contributed by atoms with E-state index in [0.29, 0.717) is 11.0 Å². The van der Waals surface area contributed by atoms with E-state index in [9.17, 15) is 4.79 Å². The monoisotopic (exact) mass is 216 g/mol. The van der Waals surface area contributed by atoms with Crippen molar-refractivity contribution in [2.45, 2.75) is 59.3 Å². The number of hydrogen-bond acceptors (Lipinski definition) is 2. The second kappa shape index (κ2) is 9.57. The van der Waals surface area contributed by atoms with E-state index < -0.39 is 0 Å². The van der Waals surface area contributed by atoms with Gasteiger partial charge in [0.2, 0.25) is 0 Å². The highest BCUT2D eigenvalue weighted by Crippen LogP contribution is 2.20. The van der Waals surface area contributed by atoms with E-state index in [1.54, 1.807) is 0 Å². The molecule has 0 saturated carbocycles. The first-order chi connectivity index (χ1) is 6.74. The Morgan fingerprint density at radius 3 is 2.43 bits per heavy atom. The van der Waals surface area contributed by atoms with Gasteiger partial charge in [0.15, 0.2) is 5.12 Å². The fraction of sp³-hybridized carbons (Fsp3) is 0.917. The normalized spacial score (nSPS) is 12.8. The van der Waals surface area contributed by atoms with Crippen LogP contribution in [0.1, 0.15) is 59.3 Å². The topological polar surface area (TPSA) is 17.1 Å². The van der Waals surface area contributed by atoms with Crippen molar-refractivity contribution in [2.24, 2.45) is 5.92 Å². The Morgan fingerprint density at radius 1 is 1.21 bits per heavy atom. The van der Waals surface area contributed by atoms with E-state index in [-0.39, 0.29) is 0 Å². The summed E-state index contributed by atoms with van der Waals surface area (Å²) in [4.78, 5) is 11.4. The van der Waals surface area contributed by atoms with Gasteiger partial charge in [-0.1, -0.05) is 64.6 Å². The summed E-state index contributed by atoms with van der Waals surface area (Å²) in [6, 6.07) is 0. The third-order valence-corrected chi connectivity index (χ3v) is 3.33. The lowest BCUT2D eigenvalue weighted by Gasteiger charge is -2.12. The number of hydrogen-bond donors (Lipinski definition) is 0. The Kier molecular flexibility index (Phi) is 9.58. The van der Waals surface area contributed by atoms with E-state index >= 15 is 0 Å². The number of carbonyl (C=O) groups excluding carboxylic acids is 1. The first-order valence-corrected chi connectivity index (χ1v) is 6.88. The summed E-state index contributed by atoms with van der Waals surface area (Å²) in [5.74, 6) is 1.55. The minimum absolute atomic E-state index is 0.385. The summed E-state index contributed by atoms with van der Waals surface area (Å²) >= 11 is 1.48. The highest BCUT2D eigenvalue weighted by atomic mass is 32.2. The molecule has 1 unspecified atom stereocenters. The molecule has 0 rings (SSSR count). The predicted molar refractivity (Wildman–Crippen MR) is 65.7 cm³/mol. The molecule has 0 radical (unpaired) electrons. The van der Waals surface area contributed by atoms with Gasteiger partial charge in [0.25, 0.3) is 0 Å². The molecule has 0 fully saturated rings. The predicted octanol–water partition coefficient (Wildman–Crippen LogP) is 4.26. The zero-order valence-electron chi connectivity index (χ0n) is 9.84. The van der Waals surface area contributed by atoms with Gasteiger partial charge in [-0.2, -0.15) is 0 Å². The summed E-state index contributed by atoms with van der Waals surface area (Å²) in [6.45, 7) is 6.46. The van der Waals surface area contributed by atoms with Crippen LogP contribution in [0.2, 0.25) is 0 Å². The molecule has 0 aliphatic carbocycles. The molecule has 0 aliphatic rings. The average Bonchev–Trinajstić information content (AvgIpc) is 2.17. The van der Waals surface area contributed by atoms with Gasteiger partial charge in [-0.15, -0.1) is 0 Å². The van der Waals surface area contributed by atoms with Gasteiger partial charge in [-0.05, 0) is 11.7 Å². The number of unbranched alkanes of at least 4 members (excludes halogenated alkanes) is 2. The Balaban J connectivity index is 3.61. The molecule has 0 aliphatic heterocycles. The lowest BCUT2D eigenvalue weighted by atomic mass is 9.96. The van der Waals surface area contributed by atoms with E-state index in [2.05, 4.69) is 13.8 Å². The molecule has 1 atom stereocenters. The average molecular weight is 216 g/mol. The fourth-order valence-electron chi connectivity index (χ4n) is 1.59. The van der Waals surface area contributed by atoms with Crippen LogP contribution in [0.15, 0.2) is 0 Å². The lowest BCUT2D eigenvalue weighted by Crippen LogP contribution is -2.05. The van der Waals surface area contributed by atoms with Gasteiger partial charge in [0, 0.05) is 6.42 Å². The fourth-order valence-corrected chi connectivity index (χ4v) is 2.26. The Bertz CT molecular complexity index is 145. The molecule has 0 heterocycles. The standard InChI is InChI=1S/C12H24OS/c1-4-7-8-9-11(5-2)10-12(13)14-6-3/h11H,4-10H2,1-3H3. The van der Waals surface area contributed by atoms with Crippen molar-refractivity contribution in [2.75, 3.05) is 5.75 Å². The van der Waals surface area contributed by atoms with E-state index in [4.69, 9.17) is 0 Å². The Morgan fingerprint density at radius 2 is 1.93 bits per heavy atom. The number of rotatable bonds is 8. The molecular formula is C12H24OS. The van der Waals surface area contributed by atoms with Crippen molar-refractivity contribution in [3.05, 3.63) is 0 Å². The molecule has 0 saturated heterocycles. The van der Waals surface area contributed by atoms with Crippen LogP contribution in [-0.2, 0) is 4.79 Å². The van der Waals surface area contributed by atoms with Crippen molar-refractivity contribution in [3.8, 4) is 0 Å². The zero-order chi connectivity index (χ0) is 10.8. The maximum atomic E-state index is 11.4. The highest BCUT2D eigenvalue weighted by molar-refractivity contribution is 8.13. The van der Waals surface area contributed by atoms with Crippen molar-refractivity contribution in [1.29, 1.82) is 0 Å². The van der Waals surface area contributed by atoms with Gasteiger partial charge in [0.05, 0.1) is 0 Å². The van der Waals surface area contributed by atoms with Crippen LogP contribution in [0.4, 0.5) is 0 Å². The molecular weight excluding hydrogens is 192 g/mol. The van der Waals surface area contributed by atoms with Crippen molar-refractivity contribution in [3.63, 3.8) is 0 Å². The summed E-state index contributed by atoms with van der Waals surface area (Å²) < 4.78 is 0. The van der Waals surface area contributed by atoms with Gasteiger partial charge >= 0.3 is 0 Å².